The number of hydrazine groups is 1. The second-order valence-electron chi connectivity index (χ2n) is 6.51. The van der Waals surface area contributed by atoms with Crippen molar-refractivity contribution in [2.24, 2.45) is 17.8 Å². The summed E-state index contributed by atoms with van der Waals surface area (Å²) in [4.78, 5) is 49.5. The molecule has 1 aliphatic heterocycles. The zero-order chi connectivity index (χ0) is 17.1. The van der Waals surface area contributed by atoms with Crippen LogP contribution in [0.4, 0.5) is 0 Å². The van der Waals surface area contributed by atoms with Crippen molar-refractivity contribution in [2.75, 3.05) is 0 Å². The Morgan fingerprint density at radius 1 is 1.09 bits per heavy atom. The van der Waals surface area contributed by atoms with E-state index in [1.165, 1.54) is 6.92 Å². The van der Waals surface area contributed by atoms with Gasteiger partial charge in [0.15, 0.2) is 0 Å². The van der Waals surface area contributed by atoms with Crippen LogP contribution in [-0.2, 0) is 19.2 Å². The molecule has 2 rings (SSSR count). The number of nitrogens with one attached hydrogen (secondary N) is 2. The zero-order valence-corrected chi connectivity index (χ0v) is 13.7. The van der Waals surface area contributed by atoms with Crippen molar-refractivity contribution < 1.29 is 19.2 Å². The summed E-state index contributed by atoms with van der Waals surface area (Å²) in [6.07, 6.45) is 5.14. The monoisotopic (exact) mass is 321 g/mol. The number of allylic oxidation sites excluding steroid dienone is 2. The summed E-state index contributed by atoms with van der Waals surface area (Å²) in [5.41, 5.74) is 4.60. The highest BCUT2D eigenvalue weighted by molar-refractivity contribution is 6.08. The molecule has 0 aromatic heterocycles. The summed E-state index contributed by atoms with van der Waals surface area (Å²) in [5, 5.41) is 0. The van der Waals surface area contributed by atoms with Crippen LogP contribution in [0.2, 0.25) is 0 Å². The van der Waals surface area contributed by atoms with Gasteiger partial charge in [-0.05, 0) is 25.7 Å². The molecule has 0 bridgehead atoms. The van der Waals surface area contributed by atoms with Crippen molar-refractivity contribution in [1.82, 2.24) is 15.8 Å². The van der Waals surface area contributed by atoms with E-state index in [4.69, 9.17) is 0 Å². The number of carbonyl (C=O) groups excluding carboxylic acids is 4. The van der Waals surface area contributed by atoms with Gasteiger partial charge in [0.25, 0.3) is 5.91 Å². The first-order valence-corrected chi connectivity index (χ1v) is 7.93. The lowest BCUT2D eigenvalue weighted by Gasteiger charge is -2.22. The van der Waals surface area contributed by atoms with Gasteiger partial charge in [-0.15, -0.1) is 0 Å². The molecule has 1 aliphatic carbocycles. The number of fused-ring (bicyclic) bond motifs is 1. The van der Waals surface area contributed by atoms with Crippen LogP contribution in [0.5, 0.6) is 0 Å². The van der Waals surface area contributed by atoms with Crippen molar-refractivity contribution in [3.63, 3.8) is 0 Å². The van der Waals surface area contributed by atoms with E-state index in [0.29, 0.717) is 12.8 Å². The third-order valence-corrected chi connectivity index (χ3v) is 4.23. The average Bonchev–Trinajstić information content (AvgIpc) is 2.75. The van der Waals surface area contributed by atoms with Crippen LogP contribution in [0.3, 0.4) is 0 Å². The summed E-state index contributed by atoms with van der Waals surface area (Å²) in [6.45, 7) is 5.27. The van der Waals surface area contributed by atoms with Gasteiger partial charge in [-0.3, -0.25) is 34.9 Å². The van der Waals surface area contributed by atoms with Crippen molar-refractivity contribution >= 4 is 23.6 Å². The van der Waals surface area contributed by atoms with Crippen molar-refractivity contribution in [1.29, 1.82) is 0 Å². The Labute approximate surface area is 135 Å². The van der Waals surface area contributed by atoms with E-state index in [2.05, 4.69) is 10.9 Å². The summed E-state index contributed by atoms with van der Waals surface area (Å²) >= 11 is 0. The fourth-order valence-corrected chi connectivity index (χ4v) is 2.98. The Kier molecular flexibility index (Phi) is 5.18. The molecule has 0 aromatic rings. The average molecular weight is 321 g/mol. The molecule has 7 heteroatoms. The number of imide groups is 1. The fourth-order valence-electron chi connectivity index (χ4n) is 2.98. The van der Waals surface area contributed by atoms with Gasteiger partial charge in [0.2, 0.25) is 17.7 Å². The van der Waals surface area contributed by atoms with Gasteiger partial charge in [-0.1, -0.05) is 26.0 Å². The molecule has 1 saturated heterocycles. The van der Waals surface area contributed by atoms with Crippen LogP contribution >= 0.6 is 0 Å². The zero-order valence-electron chi connectivity index (χ0n) is 13.7. The minimum absolute atomic E-state index is 0.168. The summed E-state index contributed by atoms with van der Waals surface area (Å²) in [6, 6.07) is -0.944. The number of hydrogen-bond acceptors (Lipinski definition) is 4. The highest BCUT2D eigenvalue weighted by Gasteiger charge is 2.50. The quantitative estimate of drug-likeness (QED) is 0.448. The maximum atomic E-state index is 12.4. The van der Waals surface area contributed by atoms with Crippen LogP contribution in [0.1, 0.15) is 40.0 Å². The molecular formula is C16H23N3O4. The lowest BCUT2D eigenvalue weighted by molar-refractivity contribution is -0.147. The normalized spacial score (nSPS) is 24.6. The number of likely N-dealkylation sites (tertiary alicyclic amines) is 1. The standard InChI is InChI=1S/C16H23N3O4/c1-9(2)8-13(20)17-18-14(21)10(3)19-15(22)11-6-4-5-7-12(11)16(19)23/h4-5,9-12H,6-8H2,1-3H3,(H,17,20)(H,18,21)/t10-,11?,12?/m0/s1. The Bertz CT molecular complexity index is 530. The Morgan fingerprint density at radius 2 is 1.61 bits per heavy atom. The molecule has 3 atom stereocenters. The number of carbonyl (C=O) groups is 4. The molecule has 2 unspecified atom stereocenters. The predicted molar refractivity (Wildman–Crippen MR) is 82.4 cm³/mol. The second kappa shape index (κ2) is 6.93. The first-order valence-electron chi connectivity index (χ1n) is 7.93. The molecule has 0 aromatic carbocycles. The van der Waals surface area contributed by atoms with E-state index >= 15 is 0 Å². The largest absolute Gasteiger partial charge is 0.274 e. The topological polar surface area (TPSA) is 95.6 Å². The molecule has 0 spiro atoms. The van der Waals surface area contributed by atoms with Crippen molar-refractivity contribution in [3.8, 4) is 0 Å². The third-order valence-electron chi connectivity index (χ3n) is 4.23. The smallest absolute Gasteiger partial charge is 0.261 e. The summed E-state index contributed by atoms with van der Waals surface area (Å²) in [5.74, 6) is -2.05. The first-order chi connectivity index (χ1) is 10.8. The van der Waals surface area contributed by atoms with E-state index in [-0.39, 0.29) is 41.9 Å². The third kappa shape index (κ3) is 3.60. The number of amides is 4. The first kappa shape index (κ1) is 17.2. The van der Waals surface area contributed by atoms with Gasteiger partial charge in [-0.2, -0.15) is 0 Å². The lowest BCUT2D eigenvalue weighted by atomic mass is 9.85. The molecule has 4 amide bonds. The van der Waals surface area contributed by atoms with Crippen LogP contribution < -0.4 is 10.9 Å². The van der Waals surface area contributed by atoms with Crippen LogP contribution in [0, 0.1) is 17.8 Å². The number of rotatable bonds is 4. The molecule has 1 fully saturated rings. The molecule has 23 heavy (non-hydrogen) atoms. The van der Waals surface area contributed by atoms with Crippen molar-refractivity contribution in [3.05, 3.63) is 12.2 Å². The molecule has 2 aliphatic rings. The predicted octanol–water partition coefficient (Wildman–Crippen LogP) is 0.520. The Morgan fingerprint density at radius 3 is 2.09 bits per heavy atom. The van der Waals surface area contributed by atoms with Gasteiger partial charge in [0.05, 0.1) is 11.8 Å². The van der Waals surface area contributed by atoms with Gasteiger partial charge < -0.3 is 0 Å². The number of nitrogens with zero attached hydrogens (tertiary/aromatic N) is 1. The van der Waals surface area contributed by atoms with E-state index in [1.54, 1.807) is 0 Å². The van der Waals surface area contributed by atoms with E-state index in [0.717, 1.165) is 4.90 Å². The minimum Gasteiger partial charge on any atom is -0.274 e. The molecule has 0 saturated carbocycles. The lowest BCUT2D eigenvalue weighted by Crippen LogP contribution is -2.53. The molecule has 126 valence electrons. The van der Waals surface area contributed by atoms with E-state index in [9.17, 15) is 19.2 Å². The maximum absolute atomic E-state index is 12.4. The molecule has 7 nitrogen and oxygen atoms in total. The molecular weight excluding hydrogens is 298 g/mol. The fraction of sp³-hybridized carbons (Fsp3) is 0.625. The Balaban J connectivity index is 1.96. The second-order valence-corrected chi connectivity index (χ2v) is 6.51. The molecule has 2 N–H and O–H groups in total. The highest BCUT2D eigenvalue weighted by Crippen LogP contribution is 2.35. The minimum atomic E-state index is -0.944. The molecule has 1 heterocycles. The van der Waals surface area contributed by atoms with Crippen molar-refractivity contribution in [2.45, 2.75) is 46.1 Å². The van der Waals surface area contributed by atoms with Crippen LogP contribution in [-0.4, -0.2) is 34.6 Å². The van der Waals surface area contributed by atoms with Crippen LogP contribution in [0.25, 0.3) is 0 Å². The van der Waals surface area contributed by atoms with Gasteiger partial charge >= 0.3 is 0 Å². The SMILES string of the molecule is CC(C)CC(=O)NNC(=O)[C@H](C)N1C(=O)C2CC=CCC2C1=O. The van der Waals surface area contributed by atoms with E-state index < -0.39 is 11.9 Å². The molecule has 0 radical (unpaired) electrons. The number of hydrogen-bond donors (Lipinski definition) is 2. The highest BCUT2D eigenvalue weighted by atomic mass is 16.2. The Hall–Kier alpha value is -2.18. The van der Waals surface area contributed by atoms with Gasteiger partial charge in [-0.25, -0.2) is 0 Å². The van der Waals surface area contributed by atoms with Crippen LogP contribution in [0.15, 0.2) is 12.2 Å². The van der Waals surface area contributed by atoms with E-state index in [1.807, 2.05) is 26.0 Å². The summed E-state index contributed by atoms with van der Waals surface area (Å²) < 4.78 is 0. The van der Waals surface area contributed by atoms with Gasteiger partial charge in [0.1, 0.15) is 6.04 Å². The van der Waals surface area contributed by atoms with Gasteiger partial charge in [0, 0.05) is 6.42 Å². The maximum Gasteiger partial charge on any atom is 0.261 e. The summed E-state index contributed by atoms with van der Waals surface area (Å²) in [7, 11) is 0.